The quantitative estimate of drug-likeness (QED) is 0.841. The molecule has 2 unspecified atom stereocenters. The number of fused-ring (bicyclic) bond motifs is 1. The molecule has 3 heterocycles. The number of carbonyl (C=O) groups is 1. The second-order valence-corrected chi connectivity index (χ2v) is 6.43. The lowest BCUT2D eigenvalue weighted by Crippen LogP contribution is -2.53. The van der Waals surface area contributed by atoms with E-state index in [-0.39, 0.29) is 6.04 Å². The van der Waals surface area contributed by atoms with Crippen LogP contribution in [0.2, 0.25) is 0 Å². The van der Waals surface area contributed by atoms with Crippen LogP contribution < -0.4 is 5.32 Å². The fourth-order valence-corrected chi connectivity index (χ4v) is 3.90. The highest BCUT2D eigenvalue weighted by atomic mass is 32.1. The monoisotopic (exact) mass is 264 g/mol. The molecule has 1 amide bonds. The van der Waals surface area contributed by atoms with E-state index in [0.29, 0.717) is 11.8 Å². The summed E-state index contributed by atoms with van der Waals surface area (Å²) in [6.45, 7) is 4.87. The maximum atomic E-state index is 12.6. The van der Waals surface area contributed by atoms with Crippen molar-refractivity contribution in [3.8, 4) is 0 Å². The van der Waals surface area contributed by atoms with Crippen LogP contribution in [0.1, 0.15) is 30.2 Å². The number of piperidine rings is 1. The summed E-state index contributed by atoms with van der Waals surface area (Å²) in [6.07, 6.45) is 3.39. The summed E-state index contributed by atoms with van der Waals surface area (Å²) in [7, 11) is 0. The molecule has 0 spiro atoms. The molecule has 1 aromatic rings. The van der Waals surface area contributed by atoms with E-state index in [1.54, 1.807) is 0 Å². The molecule has 0 aromatic carbocycles. The molecular formula is C14H20N2OS. The Balaban J connectivity index is 1.70. The van der Waals surface area contributed by atoms with Crippen molar-refractivity contribution in [3.63, 3.8) is 0 Å². The summed E-state index contributed by atoms with van der Waals surface area (Å²) in [5, 5.41) is 5.53. The van der Waals surface area contributed by atoms with E-state index in [0.717, 1.165) is 26.1 Å². The van der Waals surface area contributed by atoms with Gasteiger partial charge in [0, 0.05) is 18.0 Å². The highest BCUT2D eigenvalue weighted by Gasteiger charge is 2.32. The highest BCUT2D eigenvalue weighted by Crippen LogP contribution is 2.26. The summed E-state index contributed by atoms with van der Waals surface area (Å²) in [4.78, 5) is 16.1. The third-order valence-corrected chi connectivity index (χ3v) is 5.18. The number of hydrogen-bond acceptors (Lipinski definition) is 3. The Hall–Kier alpha value is -0.870. The minimum absolute atomic E-state index is 0.0407. The number of hydrogen-bond donors (Lipinski definition) is 1. The van der Waals surface area contributed by atoms with Gasteiger partial charge in [-0.3, -0.25) is 4.79 Å². The summed E-state index contributed by atoms with van der Waals surface area (Å²) < 4.78 is 0. The summed E-state index contributed by atoms with van der Waals surface area (Å²) in [5.74, 6) is 0.772. The number of nitrogens with zero attached hydrogens (tertiary/aromatic N) is 1. The molecule has 3 nitrogen and oxygen atoms in total. The van der Waals surface area contributed by atoms with Crippen molar-refractivity contribution in [1.29, 1.82) is 0 Å². The van der Waals surface area contributed by atoms with Gasteiger partial charge < -0.3 is 10.2 Å². The molecule has 1 aromatic heterocycles. The van der Waals surface area contributed by atoms with Gasteiger partial charge in [0.2, 0.25) is 5.91 Å². The van der Waals surface area contributed by atoms with Gasteiger partial charge in [-0.05, 0) is 48.7 Å². The molecule has 0 radical (unpaired) electrons. The van der Waals surface area contributed by atoms with Crippen molar-refractivity contribution in [3.05, 3.63) is 21.9 Å². The first-order valence-corrected chi connectivity index (χ1v) is 7.71. The van der Waals surface area contributed by atoms with E-state index in [2.05, 4.69) is 23.7 Å². The van der Waals surface area contributed by atoms with Crippen LogP contribution in [-0.2, 0) is 17.8 Å². The third kappa shape index (κ3) is 2.19. The molecule has 2 aliphatic rings. The van der Waals surface area contributed by atoms with Crippen molar-refractivity contribution < 1.29 is 4.79 Å². The SMILES string of the molecule is CC1CCCNC1C(=O)N1CCc2sccc2C1. The number of thiophene rings is 1. The topological polar surface area (TPSA) is 32.3 Å². The van der Waals surface area contributed by atoms with Crippen LogP contribution in [0.5, 0.6) is 0 Å². The molecule has 2 atom stereocenters. The third-order valence-electron chi connectivity index (χ3n) is 4.15. The van der Waals surface area contributed by atoms with Crippen LogP contribution in [0.25, 0.3) is 0 Å². The molecule has 2 aliphatic heterocycles. The van der Waals surface area contributed by atoms with Crippen LogP contribution in [0, 0.1) is 5.92 Å². The maximum absolute atomic E-state index is 12.6. The first-order valence-electron chi connectivity index (χ1n) is 6.83. The zero-order valence-corrected chi connectivity index (χ0v) is 11.6. The molecule has 1 N–H and O–H groups in total. The molecule has 0 bridgehead atoms. The van der Waals surface area contributed by atoms with Crippen molar-refractivity contribution in [1.82, 2.24) is 10.2 Å². The Morgan fingerprint density at radius 1 is 1.56 bits per heavy atom. The van der Waals surface area contributed by atoms with E-state index in [9.17, 15) is 4.79 Å². The zero-order chi connectivity index (χ0) is 12.5. The van der Waals surface area contributed by atoms with E-state index in [1.165, 1.54) is 23.3 Å². The highest BCUT2D eigenvalue weighted by molar-refractivity contribution is 7.10. The lowest BCUT2D eigenvalue weighted by molar-refractivity contribution is -0.136. The fourth-order valence-electron chi connectivity index (χ4n) is 3.01. The molecule has 0 aliphatic carbocycles. The number of rotatable bonds is 1. The van der Waals surface area contributed by atoms with E-state index in [1.807, 2.05) is 16.2 Å². The molecule has 1 fully saturated rings. The van der Waals surface area contributed by atoms with Gasteiger partial charge in [0.15, 0.2) is 0 Å². The minimum atomic E-state index is 0.0407. The molecule has 1 saturated heterocycles. The molecule has 4 heteroatoms. The average Bonchev–Trinajstić information content (AvgIpc) is 2.85. The van der Waals surface area contributed by atoms with Gasteiger partial charge >= 0.3 is 0 Å². The molecular weight excluding hydrogens is 244 g/mol. The second kappa shape index (κ2) is 5.02. The van der Waals surface area contributed by atoms with Crippen molar-refractivity contribution >= 4 is 17.2 Å². The van der Waals surface area contributed by atoms with Gasteiger partial charge in [-0.25, -0.2) is 0 Å². The van der Waals surface area contributed by atoms with Gasteiger partial charge in [0.05, 0.1) is 6.04 Å². The van der Waals surface area contributed by atoms with Gasteiger partial charge in [-0.2, -0.15) is 0 Å². The fraction of sp³-hybridized carbons (Fsp3) is 0.643. The minimum Gasteiger partial charge on any atom is -0.337 e. The van der Waals surface area contributed by atoms with Crippen LogP contribution in [0.15, 0.2) is 11.4 Å². The van der Waals surface area contributed by atoms with Gasteiger partial charge in [0.25, 0.3) is 0 Å². The largest absolute Gasteiger partial charge is 0.337 e. The second-order valence-electron chi connectivity index (χ2n) is 5.43. The first-order chi connectivity index (χ1) is 8.75. The standard InChI is InChI=1S/C14H20N2OS/c1-10-3-2-6-15-13(10)14(17)16-7-4-12-11(9-16)5-8-18-12/h5,8,10,13,15H,2-4,6-7,9H2,1H3. The van der Waals surface area contributed by atoms with Gasteiger partial charge in [0.1, 0.15) is 0 Å². The summed E-state index contributed by atoms with van der Waals surface area (Å²) in [6, 6.07) is 2.20. The number of amides is 1. The molecule has 18 heavy (non-hydrogen) atoms. The Labute approximate surface area is 112 Å². The predicted molar refractivity (Wildman–Crippen MR) is 73.6 cm³/mol. The maximum Gasteiger partial charge on any atom is 0.240 e. The van der Waals surface area contributed by atoms with E-state index >= 15 is 0 Å². The Morgan fingerprint density at radius 2 is 2.44 bits per heavy atom. The number of carbonyl (C=O) groups excluding carboxylic acids is 1. The first kappa shape index (κ1) is 12.2. The van der Waals surface area contributed by atoms with Crippen LogP contribution in [-0.4, -0.2) is 29.9 Å². The van der Waals surface area contributed by atoms with Crippen LogP contribution >= 0.6 is 11.3 Å². The van der Waals surface area contributed by atoms with Gasteiger partial charge in [-0.1, -0.05) is 6.92 Å². The predicted octanol–water partition coefficient (Wildman–Crippen LogP) is 2.02. The van der Waals surface area contributed by atoms with E-state index < -0.39 is 0 Å². The lowest BCUT2D eigenvalue weighted by Gasteiger charge is -2.35. The molecule has 98 valence electrons. The lowest BCUT2D eigenvalue weighted by atomic mass is 9.91. The molecule has 3 rings (SSSR count). The van der Waals surface area contributed by atoms with E-state index in [4.69, 9.17) is 0 Å². The number of nitrogens with one attached hydrogen (secondary N) is 1. The zero-order valence-electron chi connectivity index (χ0n) is 10.8. The van der Waals surface area contributed by atoms with Crippen molar-refractivity contribution in [2.45, 2.75) is 38.8 Å². The van der Waals surface area contributed by atoms with Crippen LogP contribution in [0.3, 0.4) is 0 Å². The van der Waals surface area contributed by atoms with Crippen LogP contribution in [0.4, 0.5) is 0 Å². The average molecular weight is 264 g/mol. The smallest absolute Gasteiger partial charge is 0.240 e. The Bertz CT molecular complexity index is 443. The Morgan fingerprint density at radius 3 is 3.28 bits per heavy atom. The summed E-state index contributed by atoms with van der Waals surface area (Å²) >= 11 is 1.82. The van der Waals surface area contributed by atoms with Gasteiger partial charge in [-0.15, -0.1) is 11.3 Å². The van der Waals surface area contributed by atoms with Crippen molar-refractivity contribution in [2.75, 3.05) is 13.1 Å². The summed E-state index contributed by atoms with van der Waals surface area (Å²) in [5.41, 5.74) is 1.35. The Kier molecular flexibility index (Phi) is 3.39. The normalized spacial score (nSPS) is 27.9. The van der Waals surface area contributed by atoms with Crippen molar-refractivity contribution in [2.24, 2.45) is 5.92 Å². The molecule has 0 saturated carbocycles.